The third-order valence-corrected chi connectivity index (χ3v) is 2.67. The Balaban J connectivity index is 2.54. The molecule has 0 bridgehead atoms. The fourth-order valence-corrected chi connectivity index (χ4v) is 1.68. The number of amides is 1. The standard InChI is InChI=1S/C11H10N2O/c12-7-11(5-6-11)9-4-2-1-3-8(9)10(13)14/h1-4H,5-6H2,(H2,13,14). The first-order chi connectivity index (χ1) is 6.69. The van der Waals surface area contributed by atoms with E-state index in [0.29, 0.717) is 5.56 Å². The molecule has 0 saturated heterocycles. The highest BCUT2D eigenvalue weighted by atomic mass is 16.1. The molecule has 3 nitrogen and oxygen atoms in total. The highest BCUT2D eigenvalue weighted by molar-refractivity contribution is 5.95. The number of rotatable bonds is 2. The minimum Gasteiger partial charge on any atom is -0.366 e. The molecule has 2 rings (SSSR count). The molecule has 0 aromatic heterocycles. The monoisotopic (exact) mass is 186 g/mol. The van der Waals surface area contributed by atoms with Gasteiger partial charge in [-0.1, -0.05) is 18.2 Å². The first-order valence-corrected chi connectivity index (χ1v) is 4.50. The average molecular weight is 186 g/mol. The molecule has 0 atom stereocenters. The quantitative estimate of drug-likeness (QED) is 0.757. The number of primary amides is 1. The highest BCUT2D eigenvalue weighted by Gasteiger charge is 2.46. The second-order valence-electron chi connectivity index (χ2n) is 3.60. The van der Waals surface area contributed by atoms with Crippen molar-refractivity contribution < 1.29 is 4.79 Å². The molecule has 1 aliphatic rings. The number of carbonyl (C=O) groups excluding carboxylic acids is 1. The van der Waals surface area contributed by atoms with Gasteiger partial charge in [0.25, 0.3) is 0 Å². The zero-order valence-corrected chi connectivity index (χ0v) is 7.66. The van der Waals surface area contributed by atoms with Gasteiger partial charge in [-0.25, -0.2) is 0 Å². The number of nitrogens with zero attached hydrogens (tertiary/aromatic N) is 1. The lowest BCUT2D eigenvalue weighted by Gasteiger charge is -2.09. The predicted octanol–water partition coefficient (Wildman–Crippen LogP) is 1.34. The van der Waals surface area contributed by atoms with E-state index in [1.165, 1.54) is 0 Å². The third kappa shape index (κ3) is 1.16. The number of carbonyl (C=O) groups is 1. The SMILES string of the molecule is N#CC1(c2ccccc2C(N)=O)CC1. The summed E-state index contributed by atoms with van der Waals surface area (Å²) in [6, 6.07) is 9.34. The van der Waals surface area contributed by atoms with Crippen molar-refractivity contribution in [1.82, 2.24) is 0 Å². The van der Waals surface area contributed by atoms with Gasteiger partial charge in [-0.2, -0.15) is 5.26 Å². The molecule has 0 radical (unpaired) electrons. The molecule has 1 aromatic rings. The van der Waals surface area contributed by atoms with Gasteiger partial charge >= 0.3 is 0 Å². The lowest BCUT2D eigenvalue weighted by Crippen LogP contribution is -2.17. The van der Waals surface area contributed by atoms with E-state index in [2.05, 4.69) is 6.07 Å². The summed E-state index contributed by atoms with van der Waals surface area (Å²) in [6.07, 6.45) is 1.65. The Morgan fingerprint density at radius 2 is 2.07 bits per heavy atom. The maximum Gasteiger partial charge on any atom is 0.249 e. The lowest BCUT2D eigenvalue weighted by atomic mass is 9.92. The Morgan fingerprint density at radius 1 is 1.43 bits per heavy atom. The minimum absolute atomic E-state index is 0.439. The zero-order chi connectivity index (χ0) is 10.2. The van der Waals surface area contributed by atoms with Crippen LogP contribution in [0.5, 0.6) is 0 Å². The second-order valence-corrected chi connectivity index (χ2v) is 3.60. The molecule has 2 N–H and O–H groups in total. The van der Waals surface area contributed by atoms with E-state index in [1.54, 1.807) is 12.1 Å². The van der Waals surface area contributed by atoms with Crippen molar-refractivity contribution in [3.8, 4) is 6.07 Å². The molecule has 1 amide bonds. The van der Waals surface area contributed by atoms with Crippen molar-refractivity contribution in [3.63, 3.8) is 0 Å². The van der Waals surface area contributed by atoms with Gasteiger partial charge in [-0.05, 0) is 24.5 Å². The van der Waals surface area contributed by atoms with Crippen molar-refractivity contribution in [3.05, 3.63) is 35.4 Å². The third-order valence-electron chi connectivity index (χ3n) is 2.67. The summed E-state index contributed by atoms with van der Waals surface area (Å²) in [6.45, 7) is 0. The molecule has 1 saturated carbocycles. The molecule has 1 aromatic carbocycles. The van der Waals surface area contributed by atoms with Crippen LogP contribution in [0, 0.1) is 11.3 Å². The van der Waals surface area contributed by atoms with Gasteiger partial charge in [-0.3, -0.25) is 4.79 Å². The van der Waals surface area contributed by atoms with Crippen LogP contribution in [0.25, 0.3) is 0 Å². The van der Waals surface area contributed by atoms with Gasteiger partial charge in [0, 0.05) is 5.56 Å². The van der Waals surface area contributed by atoms with Crippen molar-refractivity contribution in [2.24, 2.45) is 5.73 Å². The normalized spacial score (nSPS) is 17.1. The Labute approximate surface area is 82.1 Å². The number of hydrogen-bond acceptors (Lipinski definition) is 2. The van der Waals surface area contributed by atoms with Crippen molar-refractivity contribution in [2.45, 2.75) is 18.3 Å². The van der Waals surface area contributed by atoms with Gasteiger partial charge in [0.15, 0.2) is 0 Å². The van der Waals surface area contributed by atoms with E-state index in [0.717, 1.165) is 18.4 Å². The summed E-state index contributed by atoms with van der Waals surface area (Å²) in [5.41, 5.74) is 6.07. The summed E-state index contributed by atoms with van der Waals surface area (Å²) >= 11 is 0. The maximum atomic E-state index is 11.1. The minimum atomic E-state index is -0.456. The maximum absolute atomic E-state index is 11.1. The molecular weight excluding hydrogens is 176 g/mol. The van der Waals surface area contributed by atoms with Crippen LogP contribution in [-0.2, 0) is 5.41 Å². The molecule has 0 spiro atoms. The van der Waals surface area contributed by atoms with Gasteiger partial charge in [-0.15, -0.1) is 0 Å². The first-order valence-electron chi connectivity index (χ1n) is 4.50. The van der Waals surface area contributed by atoms with Crippen LogP contribution in [-0.4, -0.2) is 5.91 Å². The fraction of sp³-hybridized carbons (Fsp3) is 0.273. The van der Waals surface area contributed by atoms with Crippen LogP contribution >= 0.6 is 0 Å². The van der Waals surface area contributed by atoms with Crippen LogP contribution in [0.4, 0.5) is 0 Å². The largest absolute Gasteiger partial charge is 0.366 e. The van der Waals surface area contributed by atoms with Gasteiger partial charge in [0.2, 0.25) is 5.91 Å². The Hall–Kier alpha value is -1.82. The number of nitriles is 1. The molecular formula is C11H10N2O. The van der Waals surface area contributed by atoms with E-state index >= 15 is 0 Å². The van der Waals surface area contributed by atoms with Crippen LogP contribution in [0.15, 0.2) is 24.3 Å². The van der Waals surface area contributed by atoms with Crippen LogP contribution in [0.1, 0.15) is 28.8 Å². The summed E-state index contributed by atoms with van der Waals surface area (Å²) in [4.78, 5) is 11.1. The number of nitrogens with two attached hydrogens (primary N) is 1. The summed E-state index contributed by atoms with van der Waals surface area (Å²) in [5.74, 6) is -0.456. The summed E-state index contributed by atoms with van der Waals surface area (Å²) < 4.78 is 0. The van der Waals surface area contributed by atoms with E-state index in [-0.39, 0.29) is 0 Å². The first kappa shape index (κ1) is 8.76. The molecule has 0 aliphatic heterocycles. The molecule has 70 valence electrons. The predicted molar refractivity (Wildman–Crippen MR) is 51.5 cm³/mol. The van der Waals surface area contributed by atoms with Crippen LogP contribution in [0.3, 0.4) is 0 Å². The molecule has 3 heteroatoms. The zero-order valence-electron chi connectivity index (χ0n) is 7.66. The second kappa shape index (κ2) is 2.85. The summed E-state index contributed by atoms with van der Waals surface area (Å²) in [5, 5.41) is 9.01. The Morgan fingerprint density at radius 3 is 2.57 bits per heavy atom. The molecule has 1 aliphatic carbocycles. The topological polar surface area (TPSA) is 66.9 Å². The molecule has 1 fully saturated rings. The fourth-order valence-electron chi connectivity index (χ4n) is 1.68. The Bertz CT molecular complexity index is 427. The van der Waals surface area contributed by atoms with Gasteiger partial charge < -0.3 is 5.73 Å². The van der Waals surface area contributed by atoms with Crippen molar-refractivity contribution in [1.29, 1.82) is 5.26 Å². The lowest BCUT2D eigenvalue weighted by molar-refractivity contribution is 0.0999. The van der Waals surface area contributed by atoms with Crippen LogP contribution < -0.4 is 5.73 Å². The van der Waals surface area contributed by atoms with Gasteiger partial charge in [0.05, 0.1) is 11.5 Å². The smallest absolute Gasteiger partial charge is 0.249 e. The highest BCUT2D eigenvalue weighted by Crippen LogP contribution is 2.48. The molecule has 14 heavy (non-hydrogen) atoms. The van der Waals surface area contributed by atoms with Gasteiger partial charge in [0.1, 0.15) is 0 Å². The van der Waals surface area contributed by atoms with E-state index in [4.69, 9.17) is 11.0 Å². The van der Waals surface area contributed by atoms with E-state index in [1.807, 2.05) is 12.1 Å². The number of benzene rings is 1. The summed E-state index contributed by atoms with van der Waals surface area (Å²) in [7, 11) is 0. The average Bonchev–Trinajstić information content (AvgIpc) is 2.98. The van der Waals surface area contributed by atoms with E-state index < -0.39 is 11.3 Å². The van der Waals surface area contributed by atoms with E-state index in [9.17, 15) is 4.79 Å². The Kier molecular flexibility index (Phi) is 1.78. The number of hydrogen-bond donors (Lipinski definition) is 1. The molecule has 0 unspecified atom stereocenters. The van der Waals surface area contributed by atoms with Crippen molar-refractivity contribution in [2.75, 3.05) is 0 Å². The van der Waals surface area contributed by atoms with Crippen molar-refractivity contribution >= 4 is 5.91 Å². The van der Waals surface area contributed by atoms with Crippen LogP contribution in [0.2, 0.25) is 0 Å². The molecule has 0 heterocycles.